The molecular weight excluding hydrogens is 230 g/mol. The van der Waals surface area contributed by atoms with E-state index in [1.165, 1.54) is 44.1 Å². The van der Waals surface area contributed by atoms with Crippen LogP contribution < -0.4 is 5.32 Å². The number of hydrogen-bond acceptors (Lipinski definition) is 1. The smallest absolute Gasteiger partial charge is 0.00109 e. The van der Waals surface area contributed by atoms with Gasteiger partial charge in [0.05, 0.1) is 0 Å². The highest BCUT2D eigenvalue weighted by Gasteiger charge is 2.27. The van der Waals surface area contributed by atoms with Crippen LogP contribution in [0.25, 0.3) is 0 Å². The highest BCUT2D eigenvalue weighted by molar-refractivity contribution is 5.16. The van der Waals surface area contributed by atoms with Gasteiger partial charge in [-0.2, -0.15) is 0 Å². The van der Waals surface area contributed by atoms with Crippen LogP contribution in [0.4, 0.5) is 0 Å². The molecule has 1 rings (SSSR count). The lowest BCUT2D eigenvalue weighted by molar-refractivity contribution is 0.229. The Morgan fingerprint density at radius 1 is 1.00 bits per heavy atom. The van der Waals surface area contributed by atoms with Crippen molar-refractivity contribution in [3.8, 4) is 0 Å². The fourth-order valence-electron chi connectivity index (χ4n) is 2.78. The van der Waals surface area contributed by atoms with E-state index < -0.39 is 0 Å². The number of unbranched alkanes of at least 4 members (excludes halogenated alkanes) is 1. The SMILES string of the molecule is CCCCC(CC)(CNCCC)Cc1ccccc1. The van der Waals surface area contributed by atoms with Crippen LogP contribution in [0.3, 0.4) is 0 Å². The molecule has 1 atom stereocenters. The summed E-state index contributed by atoms with van der Waals surface area (Å²) in [6, 6.07) is 11.0. The molecule has 0 heterocycles. The summed E-state index contributed by atoms with van der Waals surface area (Å²) in [7, 11) is 0. The molecule has 0 aliphatic rings. The van der Waals surface area contributed by atoms with Crippen molar-refractivity contribution in [1.29, 1.82) is 0 Å². The molecule has 0 radical (unpaired) electrons. The molecule has 0 saturated heterocycles. The normalized spacial score (nSPS) is 14.3. The number of nitrogens with one attached hydrogen (secondary N) is 1. The highest BCUT2D eigenvalue weighted by atomic mass is 14.9. The van der Waals surface area contributed by atoms with Crippen LogP contribution in [0.1, 0.15) is 58.4 Å². The molecule has 0 bridgehead atoms. The molecule has 1 unspecified atom stereocenters. The second-order valence-corrected chi connectivity index (χ2v) is 5.80. The van der Waals surface area contributed by atoms with Crippen molar-refractivity contribution in [2.24, 2.45) is 5.41 Å². The summed E-state index contributed by atoms with van der Waals surface area (Å²) in [5, 5.41) is 3.66. The molecule has 0 amide bonds. The van der Waals surface area contributed by atoms with Crippen LogP contribution in [-0.2, 0) is 6.42 Å². The first kappa shape index (κ1) is 16.2. The Kier molecular flexibility index (Phi) is 7.81. The van der Waals surface area contributed by atoms with Gasteiger partial charge < -0.3 is 5.32 Å². The molecule has 0 aliphatic heterocycles. The van der Waals surface area contributed by atoms with Gasteiger partial charge in [-0.3, -0.25) is 0 Å². The summed E-state index contributed by atoms with van der Waals surface area (Å²) in [6.07, 6.45) is 7.67. The van der Waals surface area contributed by atoms with Gasteiger partial charge in [0.25, 0.3) is 0 Å². The maximum atomic E-state index is 3.66. The maximum absolute atomic E-state index is 3.66. The lowest BCUT2D eigenvalue weighted by Crippen LogP contribution is -2.36. The van der Waals surface area contributed by atoms with Crippen molar-refractivity contribution in [2.75, 3.05) is 13.1 Å². The van der Waals surface area contributed by atoms with Gasteiger partial charge in [-0.25, -0.2) is 0 Å². The molecular formula is C18H31N. The van der Waals surface area contributed by atoms with Crippen LogP contribution in [0.15, 0.2) is 30.3 Å². The zero-order valence-electron chi connectivity index (χ0n) is 13.0. The predicted molar refractivity (Wildman–Crippen MR) is 85.6 cm³/mol. The Labute approximate surface area is 119 Å². The van der Waals surface area contributed by atoms with Crippen LogP contribution >= 0.6 is 0 Å². The Hall–Kier alpha value is -0.820. The predicted octanol–water partition coefficient (Wildman–Crippen LogP) is 4.82. The third-order valence-corrected chi connectivity index (χ3v) is 4.16. The molecule has 1 heteroatoms. The van der Waals surface area contributed by atoms with Crippen LogP contribution in [0, 0.1) is 5.41 Å². The zero-order valence-corrected chi connectivity index (χ0v) is 13.0. The lowest BCUT2D eigenvalue weighted by atomic mass is 9.75. The Morgan fingerprint density at radius 2 is 1.74 bits per heavy atom. The molecule has 0 aromatic heterocycles. The maximum Gasteiger partial charge on any atom is 0.00109 e. The summed E-state index contributed by atoms with van der Waals surface area (Å²) in [5.41, 5.74) is 1.92. The molecule has 1 aromatic carbocycles. The van der Waals surface area contributed by atoms with E-state index >= 15 is 0 Å². The van der Waals surface area contributed by atoms with E-state index in [0.29, 0.717) is 5.41 Å². The molecule has 0 spiro atoms. The molecule has 1 nitrogen and oxygen atoms in total. The van der Waals surface area contributed by atoms with Gasteiger partial charge in [-0.05, 0) is 43.2 Å². The average molecular weight is 261 g/mol. The van der Waals surface area contributed by atoms with E-state index in [-0.39, 0.29) is 0 Å². The van der Waals surface area contributed by atoms with Gasteiger partial charge in [0, 0.05) is 6.54 Å². The van der Waals surface area contributed by atoms with Crippen LogP contribution in [0.5, 0.6) is 0 Å². The third kappa shape index (κ3) is 5.78. The number of rotatable bonds is 10. The number of hydrogen-bond donors (Lipinski definition) is 1. The minimum atomic E-state index is 0.437. The summed E-state index contributed by atoms with van der Waals surface area (Å²) < 4.78 is 0. The van der Waals surface area contributed by atoms with Gasteiger partial charge in [0.15, 0.2) is 0 Å². The minimum absolute atomic E-state index is 0.437. The molecule has 0 fully saturated rings. The standard InChI is InChI=1S/C18H31N/c1-4-7-13-18(6-3,16-19-14-5-2)15-17-11-9-8-10-12-17/h8-12,19H,4-7,13-16H2,1-3H3. The monoisotopic (exact) mass is 261 g/mol. The first-order valence-electron chi connectivity index (χ1n) is 8.01. The fraction of sp³-hybridized carbons (Fsp3) is 0.667. The summed E-state index contributed by atoms with van der Waals surface area (Å²) in [5.74, 6) is 0. The Bertz CT molecular complexity index is 320. The van der Waals surface area contributed by atoms with Gasteiger partial charge >= 0.3 is 0 Å². The molecule has 1 N–H and O–H groups in total. The van der Waals surface area contributed by atoms with E-state index in [9.17, 15) is 0 Å². The van der Waals surface area contributed by atoms with E-state index in [4.69, 9.17) is 0 Å². The van der Waals surface area contributed by atoms with Gasteiger partial charge in [-0.15, -0.1) is 0 Å². The van der Waals surface area contributed by atoms with Crippen LogP contribution in [-0.4, -0.2) is 13.1 Å². The quantitative estimate of drug-likeness (QED) is 0.596. The average Bonchev–Trinajstić information content (AvgIpc) is 2.46. The summed E-state index contributed by atoms with van der Waals surface area (Å²) >= 11 is 0. The molecule has 1 aromatic rings. The van der Waals surface area contributed by atoms with Crippen molar-refractivity contribution in [1.82, 2.24) is 5.32 Å². The molecule has 0 saturated carbocycles. The second-order valence-electron chi connectivity index (χ2n) is 5.80. The van der Waals surface area contributed by atoms with Gasteiger partial charge in [0.2, 0.25) is 0 Å². The topological polar surface area (TPSA) is 12.0 Å². The Morgan fingerprint density at radius 3 is 2.32 bits per heavy atom. The van der Waals surface area contributed by atoms with Crippen molar-refractivity contribution >= 4 is 0 Å². The van der Waals surface area contributed by atoms with Crippen molar-refractivity contribution in [2.45, 2.75) is 59.3 Å². The molecule has 0 aliphatic carbocycles. The first-order valence-corrected chi connectivity index (χ1v) is 8.01. The van der Waals surface area contributed by atoms with E-state index in [2.05, 4.69) is 56.4 Å². The summed E-state index contributed by atoms with van der Waals surface area (Å²) in [4.78, 5) is 0. The minimum Gasteiger partial charge on any atom is -0.316 e. The van der Waals surface area contributed by atoms with E-state index in [1.807, 2.05) is 0 Å². The molecule has 108 valence electrons. The highest BCUT2D eigenvalue weighted by Crippen LogP contribution is 2.32. The third-order valence-electron chi connectivity index (χ3n) is 4.16. The second kappa shape index (κ2) is 9.14. The van der Waals surface area contributed by atoms with E-state index in [0.717, 1.165) is 13.1 Å². The first-order chi connectivity index (χ1) is 9.26. The molecule has 19 heavy (non-hydrogen) atoms. The summed E-state index contributed by atoms with van der Waals surface area (Å²) in [6.45, 7) is 9.19. The fourth-order valence-corrected chi connectivity index (χ4v) is 2.78. The Balaban J connectivity index is 2.70. The van der Waals surface area contributed by atoms with Gasteiger partial charge in [0.1, 0.15) is 0 Å². The largest absolute Gasteiger partial charge is 0.316 e. The van der Waals surface area contributed by atoms with Crippen molar-refractivity contribution < 1.29 is 0 Å². The lowest BCUT2D eigenvalue weighted by Gasteiger charge is -2.34. The van der Waals surface area contributed by atoms with Crippen molar-refractivity contribution in [3.05, 3.63) is 35.9 Å². The number of benzene rings is 1. The van der Waals surface area contributed by atoms with Gasteiger partial charge in [-0.1, -0.05) is 63.9 Å². The van der Waals surface area contributed by atoms with E-state index in [1.54, 1.807) is 0 Å². The van der Waals surface area contributed by atoms with Crippen molar-refractivity contribution in [3.63, 3.8) is 0 Å². The van der Waals surface area contributed by atoms with Crippen LogP contribution in [0.2, 0.25) is 0 Å². The zero-order chi connectivity index (χ0) is 14.0.